The SMILES string of the molecule is [2H]c1c(C([2H])([2H])[2H])c([2H])c(-c2c(C)ccc3c2oc2cccc(C#N)c23)[n+](C)c1[2H]. The van der Waals surface area contributed by atoms with Crippen LogP contribution in [0.2, 0.25) is 0 Å². The van der Waals surface area contributed by atoms with Crippen LogP contribution in [0.3, 0.4) is 0 Å². The maximum atomic E-state index is 9.50. The van der Waals surface area contributed by atoms with E-state index in [0.29, 0.717) is 33.1 Å². The molecule has 0 atom stereocenters. The zero-order valence-corrected chi connectivity index (χ0v) is 13.2. The Balaban J connectivity index is 2.22. The molecule has 0 N–H and O–H groups in total. The average molecular weight is 319 g/mol. The molecule has 4 rings (SSSR count). The Bertz CT molecular complexity index is 1400. The van der Waals surface area contributed by atoms with Gasteiger partial charge in [-0.3, -0.25) is 0 Å². The van der Waals surface area contributed by atoms with Gasteiger partial charge in [-0.2, -0.15) is 5.26 Å². The number of nitrogens with zero attached hydrogens (tertiary/aromatic N) is 2. The molecule has 4 aromatic rings. The Morgan fingerprint density at radius 1 is 1.29 bits per heavy atom. The third kappa shape index (κ3) is 2.00. The molecule has 0 radical (unpaired) electrons. The van der Waals surface area contributed by atoms with E-state index in [1.807, 2.05) is 12.1 Å². The lowest BCUT2D eigenvalue weighted by Gasteiger charge is -2.06. The highest BCUT2D eigenvalue weighted by Crippen LogP contribution is 2.38. The third-order valence-corrected chi connectivity index (χ3v) is 4.16. The first-order valence-electron chi connectivity index (χ1n) is 10.4. The molecule has 2 heterocycles. The van der Waals surface area contributed by atoms with E-state index in [1.165, 1.54) is 11.6 Å². The highest BCUT2D eigenvalue weighted by molar-refractivity contribution is 6.11. The lowest BCUT2D eigenvalue weighted by Crippen LogP contribution is -2.30. The van der Waals surface area contributed by atoms with Crippen LogP contribution in [0.15, 0.2) is 53.0 Å². The molecule has 3 heteroatoms. The van der Waals surface area contributed by atoms with Gasteiger partial charge in [0.05, 0.1) is 19.9 Å². The summed E-state index contributed by atoms with van der Waals surface area (Å²) in [4.78, 5) is 0. The maximum Gasteiger partial charge on any atom is 0.216 e. The van der Waals surface area contributed by atoms with Crippen LogP contribution in [0.4, 0.5) is 0 Å². The smallest absolute Gasteiger partial charge is 0.216 e. The molecule has 0 amide bonds. The van der Waals surface area contributed by atoms with E-state index >= 15 is 0 Å². The zero-order valence-electron chi connectivity index (χ0n) is 19.2. The van der Waals surface area contributed by atoms with Gasteiger partial charge in [0.2, 0.25) is 5.69 Å². The fourth-order valence-corrected chi connectivity index (χ4v) is 3.03. The summed E-state index contributed by atoms with van der Waals surface area (Å²) in [6.07, 6.45) is -0.308. The number of nitriles is 1. The molecule has 3 nitrogen and oxygen atoms in total. The maximum absolute atomic E-state index is 9.50. The average Bonchev–Trinajstić information content (AvgIpc) is 3.05. The van der Waals surface area contributed by atoms with Crippen LogP contribution in [0.1, 0.15) is 24.9 Å². The van der Waals surface area contributed by atoms with Crippen molar-refractivity contribution >= 4 is 21.9 Å². The van der Waals surface area contributed by atoms with Crippen molar-refractivity contribution in [3.05, 3.63) is 65.3 Å². The van der Waals surface area contributed by atoms with Gasteiger partial charge in [-0.15, -0.1) is 0 Å². The molecule has 0 spiro atoms. The van der Waals surface area contributed by atoms with E-state index < -0.39 is 18.5 Å². The van der Waals surface area contributed by atoms with Crippen molar-refractivity contribution in [3.63, 3.8) is 0 Å². The van der Waals surface area contributed by atoms with Crippen molar-refractivity contribution in [2.45, 2.75) is 13.8 Å². The van der Waals surface area contributed by atoms with Crippen LogP contribution >= 0.6 is 0 Å². The van der Waals surface area contributed by atoms with Crippen LogP contribution in [0.5, 0.6) is 0 Å². The number of pyridine rings is 1. The number of furan rings is 1. The molecule has 2 aromatic carbocycles. The minimum absolute atomic E-state index is 0.183. The Labute approximate surface area is 148 Å². The lowest BCUT2D eigenvalue weighted by atomic mass is 9.99. The fourth-order valence-electron chi connectivity index (χ4n) is 3.03. The van der Waals surface area contributed by atoms with Crippen molar-refractivity contribution in [3.8, 4) is 17.3 Å². The number of benzene rings is 2. The minimum atomic E-state index is -2.71. The monoisotopic (exact) mass is 319 g/mol. The van der Waals surface area contributed by atoms with Crippen LogP contribution in [-0.2, 0) is 7.05 Å². The van der Waals surface area contributed by atoms with Crippen LogP contribution in [0.25, 0.3) is 33.2 Å². The molecule has 0 saturated heterocycles. The topological polar surface area (TPSA) is 40.8 Å². The van der Waals surface area contributed by atoms with Gasteiger partial charge in [0.25, 0.3) is 0 Å². The zero-order chi connectivity index (χ0) is 22.0. The van der Waals surface area contributed by atoms with E-state index in [1.54, 1.807) is 25.1 Å². The largest absolute Gasteiger partial charge is 0.455 e. The number of aryl methyl sites for hydroxylation is 1. The summed E-state index contributed by atoms with van der Waals surface area (Å²) < 4.78 is 55.7. The van der Waals surface area contributed by atoms with E-state index in [9.17, 15) is 5.26 Å². The molecule has 2 aromatic heterocycles. The first kappa shape index (κ1) is 9.24. The second-order valence-corrected chi connectivity index (χ2v) is 5.67. The first-order valence-corrected chi connectivity index (χ1v) is 7.43. The van der Waals surface area contributed by atoms with Gasteiger partial charge in [0.15, 0.2) is 6.17 Å². The molecule has 0 aliphatic heterocycles. The number of hydrogen-bond donors (Lipinski definition) is 0. The molecule has 0 bridgehead atoms. The van der Waals surface area contributed by atoms with Crippen molar-refractivity contribution in [2.24, 2.45) is 7.05 Å². The van der Waals surface area contributed by atoms with Gasteiger partial charge in [-0.25, -0.2) is 4.57 Å². The summed E-state index contributed by atoms with van der Waals surface area (Å²) in [7, 11) is 1.53. The van der Waals surface area contributed by atoms with Crippen LogP contribution < -0.4 is 4.57 Å². The Morgan fingerprint density at radius 3 is 2.96 bits per heavy atom. The Hall–Kier alpha value is -3.12. The Morgan fingerprint density at radius 2 is 2.17 bits per heavy atom. The number of aromatic nitrogens is 1. The van der Waals surface area contributed by atoms with Crippen LogP contribution in [-0.4, -0.2) is 0 Å². The summed E-state index contributed by atoms with van der Waals surface area (Å²) in [5, 5.41) is 10.8. The molecular formula is C21H17N2O+. The number of fused-ring (bicyclic) bond motifs is 3. The molecule has 0 aliphatic carbocycles. The van der Waals surface area contributed by atoms with Crippen molar-refractivity contribution in [1.82, 2.24) is 0 Å². The van der Waals surface area contributed by atoms with Gasteiger partial charge in [-0.05, 0) is 37.0 Å². The summed E-state index contributed by atoms with van der Waals surface area (Å²) in [5.41, 5.74) is 2.27. The summed E-state index contributed by atoms with van der Waals surface area (Å²) in [6.45, 7) is -0.906. The highest BCUT2D eigenvalue weighted by atomic mass is 16.3. The second kappa shape index (κ2) is 5.21. The third-order valence-electron chi connectivity index (χ3n) is 4.16. The van der Waals surface area contributed by atoms with Gasteiger partial charge in [-0.1, -0.05) is 18.2 Å². The van der Waals surface area contributed by atoms with Gasteiger partial charge < -0.3 is 4.42 Å². The molecular weight excluding hydrogens is 296 g/mol. The fraction of sp³-hybridized carbons (Fsp3) is 0.143. The van der Waals surface area contributed by atoms with E-state index in [4.69, 9.17) is 12.6 Å². The van der Waals surface area contributed by atoms with Gasteiger partial charge in [0, 0.05) is 27.0 Å². The second-order valence-electron chi connectivity index (χ2n) is 5.67. The van der Waals surface area contributed by atoms with Crippen molar-refractivity contribution < 1.29 is 17.2 Å². The minimum Gasteiger partial charge on any atom is -0.455 e. The van der Waals surface area contributed by atoms with Gasteiger partial charge >= 0.3 is 0 Å². The molecule has 116 valence electrons. The molecule has 0 fully saturated rings. The first-order chi connectivity index (χ1) is 14.1. The predicted molar refractivity (Wildman–Crippen MR) is 94.5 cm³/mol. The lowest BCUT2D eigenvalue weighted by molar-refractivity contribution is -0.660. The van der Waals surface area contributed by atoms with E-state index in [-0.39, 0.29) is 17.9 Å². The van der Waals surface area contributed by atoms with Crippen molar-refractivity contribution in [2.75, 3.05) is 0 Å². The summed E-state index contributed by atoms with van der Waals surface area (Å²) in [6, 6.07) is 10.1. The van der Waals surface area contributed by atoms with Crippen molar-refractivity contribution in [1.29, 1.82) is 5.26 Å². The number of hydrogen-bond acceptors (Lipinski definition) is 2. The normalized spacial score (nSPS) is 15.2. The quantitative estimate of drug-likeness (QED) is 0.482. The summed E-state index contributed by atoms with van der Waals surface area (Å²) in [5.74, 6) is 0. The predicted octanol–water partition coefficient (Wildman–Crippen LogP) is 4.57. The molecule has 0 unspecified atom stereocenters. The summed E-state index contributed by atoms with van der Waals surface area (Å²) >= 11 is 0. The van der Waals surface area contributed by atoms with Gasteiger partial charge in [0.1, 0.15) is 19.6 Å². The molecule has 0 saturated carbocycles. The Kier molecular flexibility index (Phi) is 2.01. The highest BCUT2D eigenvalue weighted by Gasteiger charge is 2.21. The standard InChI is InChI=1S/C21H17N2O/c1-13-9-10-23(3)17(11-13)19-14(2)7-8-16-20-15(12-22)5-4-6-18(20)24-21(16)19/h4-11H,1-3H3/q+1/i1D3,9D,10D,11D. The number of rotatable bonds is 1. The molecule has 24 heavy (non-hydrogen) atoms. The van der Waals surface area contributed by atoms with E-state index in [0.717, 1.165) is 5.56 Å². The van der Waals surface area contributed by atoms with Crippen LogP contribution in [0, 0.1) is 25.1 Å². The molecule has 0 aliphatic rings. The van der Waals surface area contributed by atoms with E-state index in [2.05, 4.69) is 6.07 Å².